The van der Waals surface area contributed by atoms with Crippen LogP contribution in [0.25, 0.3) is 0 Å². The zero-order valence-corrected chi connectivity index (χ0v) is 11.1. The fourth-order valence-corrected chi connectivity index (χ4v) is 2.45. The molecule has 0 aliphatic heterocycles. The van der Waals surface area contributed by atoms with Crippen LogP contribution in [-0.2, 0) is 0 Å². The first-order chi connectivity index (χ1) is 6.57. The van der Waals surface area contributed by atoms with Gasteiger partial charge in [0.1, 0.15) is 0 Å². The molecule has 1 atom stereocenters. The van der Waals surface area contributed by atoms with Gasteiger partial charge in [-0.3, -0.25) is 4.68 Å². The summed E-state index contributed by atoms with van der Waals surface area (Å²) in [6.45, 7) is 4.21. The lowest BCUT2D eigenvalue weighted by atomic mass is 10.2. The molecule has 3 nitrogen and oxygen atoms in total. The highest BCUT2D eigenvalue weighted by atomic mass is 79.9. The summed E-state index contributed by atoms with van der Waals surface area (Å²) in [6, 6.07) is 0.397. The third-order valence-electron chi connectivity index (χ3n) is 1.97. The molecule has 1 unspecified atom stereocenters. The van der Waals surface area contributed by atoms with Crippen molar-refractivity contribution in [3.05, 3.63) is 16.4 Å². The van der Waals surface area contributed by atoms with Crippen molar-refractivity contribution in [2.75, 3.05) is 12.0 Å². The molecule has 1 heterocycles. The van der Waals surface area contributed by atoms with Crippen LogP contribution >= 0.6 is 27.7 Å². The lowest BCUT2D eigenvalue weighted by molar-refractivity contribution is 0.494. The Morgan fingerprint density at radius 3 is 2.79 bits per heavy atom. The number of rotatable bonds is 4. The molecule has 0 radical (unpaired) electrons. The SMILES string of the molecule is CSCC(N)c1c(Br)cnn1C(C)C. The van der Waals surface area contributed by atoms with E-state index in [1.165, 1.54) is 0 Å². The van der Waals surface area contributed by atoms with Crippen molar-refractivity contribution in [3.8, 4) is 0 Å². The average Bonchev–Trinajstić information content (AvgIpc) is 2.47. The van der Waals surface area contributed by atoms with Crippen molar-refractivity contribution in [1.82, 2.24) is 9.78 Å². The molecule has 0 spiro atoms. The van der Waals surface area contributed by atoms with Gasteiger partial charge < -0.3 is 5.73 Å². The van der Waals surface area contributed by atoms with Gasteiger partial charge in [0.05, 0.1) is 22.4 Å². The number of thioether (sulfide) groups is 1. The summed E-state index contributed by atoms with van der Waals surface area (Å²) in [4.78, 5) is 0. The highest BCUT2D eigenvalue weighted by Crippen LogP contribution is 2.26. The van der Waals surface area contributed by atoms with Crippen molar-refractivity contribution >= 4 is 27.7 Å². The first-order valence-corrected chi connectivity index (χ1v) is 6.74. The molecule has 80 valence electrons. The molecule has 0 aliphatic rings. The third-order valence-corrected chi connectivity index (χ3v) is 3.28. The van der Waals surface area contributed by atoms with Crippen LogP contribution in [0, 0.1) is 0 Å². The largest absolute Gasteiger partial charge is 0.322 e. The molecule has 0 aromatic carbocycles. The number of hydrogen-bond acceptors (Lipinski definition) is 3. The molecule has 14 heavy (non-hydrogen) atoms. The summed E-state index contributed by atoms with van der Waals surface area (Å²) in [5, 5.41) is 4.30. The van der Waals surface area contributed by atoms with Crippen LogP contribution in [0.4, 0.5) is 0 Å². The Kier molecular flexibility index (Phi) is 4.47. The van der Waals surface area contributed by atoms with E-state index in [4.69, 9.17) is 5.73 Å². The maximum Gasteiger partial charge on any atom is 0.0704 e. The molecule has 1 rings (SSSR count). The van der Waals surface area contributed by atoms with Gasteiger partial charge in [-0.05, 0) is 36.0 Å². The molecule has 5 heteroatoms. The van der Waals surface area contributed by atoms with Crippen LogP contribution in [0.2, 0.25) is 0 Å². The minimum Gasteiger partial charge on any atom is -0.322 e. The minimum atomic E-state index is 0.0456. The third kappa shape index (κ3) is 2.52. The summed E-state index contributed by atoms with van der Waals surface area (Å²) in [7, 11) is 0. The lowest BCUT2D eigenvalue weighted by Gasteiger charge is -2.16. The van der Waals surface area contributed by atoms with Crippen LogP contribution < -0.4 is 5.73 Å². The van der Waals surface area contributed by atoms with Gasteiger partial charge in [-0.15, -0.1) is 0 Å². The van der Waals surface area contributed by atoms with E-state index in [-0.39, 0.29) is 6.04 Å². The van der Waals surface area contributed by atoms with E-state index in [1.54, 1.807) is 11.8 Å². The molecule has 1 aromatic rings. The molecular weight excluding hydrogens is 262 g/mol. The van der Waals surface area contributed by atoms with Gasteiger partial charge in [0.2, 0.25) is 0 Å². The number of nitrogens with zero attached hydrogens (tertiary/aromatic N) is 2. The first-order valence-electron chi connectivity index (χ1n) is 4.55. The number of hydrogen-bond donors (Lipinski definition) is 1. The van der Waals surface area contributed by atoms with Crippen LogP contribution in [0.3, 0.4) is 0 Å². The topological polar surface area (TPSA) is 43.8 Å². The highest BCUT2D eigenvalue weighted by Gasteiger charge is 2.17. The monoisotopic (exact) mass is 277 g/mol. The molecule has 0 aliphatic carbocycles. The van der Waals surface area contributed by atoms with Crippen LogP contribution in [0.5, 0.6) is 0 Å². The molecule has 0 fully saturated rings. The van der Waals surface area contributed by atoms with Gasteiger partial charge in [-0.1, -0.05) is 0 Å². The quantitative estimate of drug-likeness (QED) is 0.920. The molecular formula is C9H16BrN3S. The fraction of sp³-hybridized carbons (Fsp3) is 0.667. The summed E-state index contributed by atoms with van der Waals surface area (Å²) in [6.07, 6.45) is 3.87. The molecule has 0 amide bonds. The van der Waals surface area contributed by atoms with Gasteiger partial charge in [0.15, 0.2) is 0 Å². The van der Waals surface area contributed by atoms with E-state index in [0.717, 1.165) is 15.9 Å². The molecule has 1 aromatic heterocycles. The number of aromatic nitrogens is 2. The van der Waals surface area contributed by atoms with Gasteiger partial charge >= 0.3 is 0 Å². The zero-order chi connectivity index (χ0) is 10.7. The number of nitrogens with two attached hydrogens (primary N) is 1. The fourth-order valence-electron chi connectivity index (χ4n) is 1.37. The standard InChI is InChI=1S/C9H16BrN3S/c1-6(2)13-9(7(10)4-12-13)8(11)5-14-3/h4,6,8H,5,11H2,1-3H3. The van der Waals surface area contributed by atoms with Crippen molar-refractivity contribution in [1.29, 1.82) is 0 Å². The summed E-state index contributed by atoms with van der Waals surface area (Å²) in [5.41, 5.74) is 7.17. The van der Waals surface area contributed by atoms with Crippen molar-refractivity contribution in [2.24, 2.45) is 5.73 Å². The normalized spacial score (nSPS) is 13.6. The van der Waals surface area contributed by atoms with E-state index in [0.29, 0.717) is 6.04 Å². The van der Waals surface area contributed by atoms with E-state index in [1.807, 2.05) is 10.9 Å². The Hall–Kier alpha value is 0. The smallest absolute Gasteiger partial charge is 0.0704 e. The molecule has 0 bridgehead atoms. The van der Waals surface area contributed by atoms with E-state index in [9.17, 15) is 0 Å². The molecule has 0 saturated heterocycles. The van der Waals surface area contributed by atoms with Crippen LogP contribution in [0.1, 0.15) is 31.6 Å². The van der Waals surface area contributed by atoms with Crippen molar-refractivity contribution in [2.45, 2.75) is 25.9 Å². The van der Waals surface area contributed by atoms with Crippen LogP contribution in [-0.4, -0.2) is 21.8 Å². The van der Waals surface area contributed by atoms with Crippen molar-refractivity contribution in [3.63, 3.8) is 0 Å². The highest BCUT2D eigenvalue weighted by molar-refractivity contribution is 9.10. The summed E-state index contributed by atoms with van der Waals surface area (Å²) >= 11 is 5.23. The van der Waals surface area contributed by atoms with Gasteiger partial charge in [-0.2, -0.15) is 16.9 Å². The Labute approximate surface area is 97.6 Å². The Morgan fingerprint density at radius 2 is 2.29 bits per heavy atom. The van der Waals surface area contributed by atoms with Crippen LogP contribution in [0.15, 0.2) is 10.7 Å². The summed E-state index contributed by atoms with van der Waals surface area (Å²) < 4.78 is 2.98. The van der Waals surface area contributed by atoms with Gasteiger partial charge in [0, 0.05) is 11.8 Å². The minimum absolute atomic E-state index is 0.0456. The summed E-state index contributed by atoms with van der Waals surface area (Å²) in [5.74, 6) is 0.914. The average molecular weight is 278 g/mol. The second-order valence-corrected chi connectivity index (χ2v) is 5.24. The number of halogens is 1. The second-order valence-electron chi connectivity index (χ2n) is 3.48. The van der Waals surface area contributed by atoms with E-state index < -0.39 is 0 Å². The van der Waals surface area contributed by atoms with Crippen molar-refractivity contribution < 1.29 is 0 Å². The predicted octanol–water partition coefficient (Wildman–Crippen LogP) is 2.59. The predicted molar refractivity (Wildman–Crippen MR) is 65.6 cm³/mol. The lowest BCUT2D eigenvalue weighted by Crippen LogP contribution is -2.20. The van der Waals surface area contributed by atoms with Gasteiger partial charge in [0.25, 0.3) is 0 Å². The Morgan fingerprint density at radius 1 is 1.64 bits per heavy atom. The first kappa shape index (κ1) is 12.1. The maximum atomic E-state index is 6.08. The van der Waals surface area contributed by atoms with Gasteiger partial charge in [-0.25, -0.2) is 0 Å². The molecule has 0 saturated carbocycles. The Bertz CT molecular complexity index is 298. The van der Waals surface area contributed by atoms with E-state index in [2.05, 4.69) is 41.1 Å². The zero-order valence-electron chi connectivity index (χ0n) is 8.70. The Balaban J connectivity index is 2.98. The maximum absolute atomic E-state index is 6.08. The van der Waals surface area contributed by atoms with E-state index >= 15 is 0 Å². The second kappa shape index (κ2) is 5.19. The molecule has 2 N–H and O–H groups in total.